The molecular weight excluding hydrogens is 236 g/mol. The van der Waals surface area contributed by atoms with Crippen molar-refractivity contribution >= 4 is 23.5 Å². The highest BCUT2D eigenvalue weighted by atomic mass is 32.2. The van der Waals surface area contributed by atoms with Gasteiger partial charge in [0.05, 0.1) is 11.9 Å². The highest BCUT2D eigenvalue weighted by Gasteiger charge is 2.07. The fraction of sp³-hybridized carbons (Fsp3) is 0.385. The topological polar surface area (TPSA) is 43.4 Å². The lowest BCUT2D eigenvalue weighted by atomic mass is 10.2. The number of carbonyl (C=O) groups excluding carboxylic acids is 2. The number of ether oxygens (including phenoxy) is 1. The van der Waals surface area contributed by atoms with Gasteiger partial charge in [0.15, 0.2) is 5.78 Å². The maximum absolute atomic E-state index is 11.3. The molecule has 0 saturated heterocycles. The molecule has 0 aliphatic heterocycles. The number of carbonyl (C=O) groups is 2. The number of hydrogen-bond acceptors (Lipinski definition) is 4. The molecule has 0 fully saturated rings. The van der Waals surface area contributed by atoms with Gasteiger partial charge in [-0.1, -0.05) is 12.1 Å². The van der Waals surface area contributed by atoms with Crippen molar-refractivity contribution < 1.29 is 14.3 Å². The van der Waals surface area contributed by atoms with Gasteiger partial charge < -0.3 is 4.74 Å². The van der Waals surface area contributed by atoms with Crippen LogP contribution in [0.2, 0.25) is 0 Å². The van der Waals surface area contributed by atoms with Crippen molar-refractivity contribution in [3.8, 4) is 0 Å². The van der Waals surface area contributed by atoms with Crippen LogP contribution in [0.25, 0.3) is 0 Å². The third-order valence-electron chi connectivity index (χ3n) is 1.96. The zero-order valence-electron chi connectivity index (χ0n) is 10.2. The number of thioether (sulfide) groups is 1. The standard InChI is InChI=1S/C13H16O3S/c1-9(2)16-13(15)8-17-12-6-4-5-11(7-12)10(3)14/h4-7,9H,8H2,1-3H3. The second-order valence-corrected chi connectivity index (χ2v) is 4.96. The lowest BCUT2D eigenvalue weighted by Crippen LogP contribution is -2.13. The van der Waals surface area contributed by atoms with Gasteiger partial charge in [0, 0.05) is 10.5 Å². The first-order valence-electron chi connectivity index (χ1n) is 5.42. The first-order valence-corrected chi connectivity index (χ1v) is 6.41. The minimum atomic E-state index is -0.238. The van der Waals surface area contributed by atoms with Crippen LogP contribution in [0.3, 0.4) is 0 Å². The van der Waals surface area contributed by atoms with E-state index < -0.39 is 0 Å². The molecular formula is C13H16O3S. The molecule has 0 heterocycles. The van der Waals surface area contributed by atoms with Crippen LogP contribution in [-0.2, 0) is 9.53 Å². The number of rotatable bonds is 5. The van der Waals surface area contributed by atoms with E-state index >= 15 is 0 Å². The fourth-order valence-electron chi connectivity index (χ4n) is 1.24. The van der Waals surface area contributed by atoms with Crippen molar-refractivity contribution in [1.82, 2.24) is 0 Å². The van der Waals surface area contributed by atoms with Gasteiger partial charge >= 0.3 is 5.97 Å². The Morgan fingerprint density at radius 3 is 2.65 bits per heavy atom. The largest absolute Gasteiger partial charge is 0.462 e. The monoisotopic (exact) mass is 252 g/mol. The van der Waals surface area contributed by atoms with E-state index in [0.29, 0.717) is 5.56 Å². The van der Waals surface area contributed by atoms with Gasteiger partial charge in [-0.25, -0.2) is 0 Å². The highest BCUT2D eigenvalue weighted by molar-refractivity contribution is 8.00. The number of ketones is 1. The molecule has 0 unspecified atom stereocenters. The van der Waals surface area contributed by atoms with Crippen LogP contribution in [0, 0.1) is 0 Å². The van der Waals surface area contributed by atoms with Gasteiger partial charge in [0.25, 0.3) is 0 Å². The van der Waals surface area contributed by atoms with Crippen LogP contribution in [0.1, 0.15) is 31.1 Å². The lowest BCUT2D eigenvalue weighted by Gasteiger charge is -2.07. The molecule has 17 heavy (non-hydrogen) atoms. The summed E-state index contributed by atoms with van der Waals surface area (Å²) in [5.74, 6) is 0.0509. The second-order valence-electron chi connectivity index (χ2n) is 3.91. The molecule has 0 aliphatic carbocycles. The molecule has 0 spiro atoms. The van der Waals surface area contributed by atoms with Crippen molar-refractivity contribution in [3.05, 3.63) is 29.8 Å². The van der Waals surface area contributed by atoms with Crippen LogP contribution in [-0.4, -0.2) is 23.6 Å². The molecule has 1 aromatic rings. The number of Topliss-reactive ketones (excluding diaryl/α,β-unsaturated/α-hetero) is 1. The Morgan fingerprint density at radius 2 is 2.06 bits per heavy atom. The Morgan fingerprint density at radius 1 is 1.35 bits per heavy atom. The molecule has 0 amide bonds. The van der Waals surface area contributed by atoms with Crippen LogP contribution in [0.4, 0.5) is 0 Å². The van der Waals surface area contributed by atoms with Crippen molar-refractivity contribution in [2.45, 2.75) is 31.8 Å². The van der Waals surface area contributed by atoms with Gasteiger partial charge in [-0.05, 0) is 32.9 Å². The SMILES string of the molecule is CC(=O)c1cccc(SCC(=O)OC(C)C)c1. The molecule has 0 aromatic heterocycles. The van der Waals surface area contributed by atoms with Gasteiger partial charge in [0.2, 0.25) is 0 Å². The summed E-state index contributed by atoms with van der Waals surface area (Å²) < 4.78 is 5.02. The van der Waals surface area contributed by atoms with E-state index in [9.17, 15) is 9.59 Å². The highest BCUT2D eigenvalue weighted by Crippen LogP contribution is 2.19. The zero-order chi connectivity index (χ0) is 12.8. The van der Waals surface area contributed by atoms with Crippen LogP contribution in [0.15, 0.2) is 29.2 Å². The van der Waals surface area contributed by atoms with E-state index in [1.165, 1.54) is 18.7 Å². The number of esters is 1. The number of hydrogen-bond donors (Lipinski definition) is 0. The normalized spacial score (nSPS) is 10.4. The molecule has 1 rings (SSSR count). The molecule has 0 N–H and O–H groups in total. The Kier molecular flexibility index (Phi) is 5.22. The van der Waals surface area contributed by atoms with Gasteiger partial charge in [-0.2, -0.15) is 0 Å². The minimum Gasteiger partial charge on any atom is -0.462 e. The quantitative estimate of drug-likeness (QED) is 0.459. The van der Waals surface area contributed by atoms with E-state index in [0.717, 1.165) is 4.90 Å². The van der Waals surface area contributed by atoms with Gasteiger partial charge in [-0.15, -0.1) is 11.8 Å². The van der Waals surface area contributed by atoms with Crippen molar-refractivity contribution in [1.29, 1.82) is 0 Å². The van der Waals surface area contributed by atoms with E-state index in [-0.39, 0.29) is 23.6 Å². The third-order valence-corrected chi connectivity index (χ3v) is 2.93. The maximum atomic E-state index is 11.3. The molecule has 0 radical (unpaired) electrons. The molecule has 4 heteroatoms. The van der Waals surface area contributed by atoms with Crippen molar-refractivity contribution in [2.24, 2.45) is 0 Å². The predicted octanol–water partition coefficient (Wildman–Crippen LogP) is 2.93. The molecule has 0 aliphatic rings. The summed E-state index contributed by atoms with van der Waals surface area (Å²) in [6, 6.07) is 7.24. The summed E-state index contributed by atoms with van der Waals surface area (Å²) in [5, 5.41) is 0. The summed E-state index contributed by atoms with van der Waals surface area (Å²) in [6.07, 6.45) is -0.0911. The first-order chi connectivity index (χ1) is 7.99. The zero-order valence-corrected chi connectivity index (χ0v) is 11.0. The van der Waals surface area contributed by atoms with E-state index in [1.54, 1.807) is 12.1 Å². The van der Waals surface area contributed by atoms with E-state index in [4.69, 9.17) is 4.74 Å². The van der Waals surface area contributed by atoms with Gasteiger partial charge in [0.1, 0.15) is 0 Å². The smallest absolute Gasteiger partial charge is 0.316 e. The predicted molar refractivity (Wildman–Crippen MR) is 68.4 cm³/mol. The molecule has 0 saturated carbocycles. The third kappa shape index (κ3) is 5.04. The second kappa shape index (κ2) is 6.45. The van der Waals surface area contributed by atoms with E-state index in [2.05, 4.69) is 0 Å². The summed E-state index contributed by atoms with van der Waals surface area (Å²) in [4.78, 5) is 23.4. The minimum absolute atomic E-state index is 0.0252. The summed E-state index contributed by atoms with van der Waals surface area (Å²) in [5.41, 5.74) is 0.659. The van der Waals surface area contributed by atoms with Crippen molar-refractivity contribution in [3.63, 3.8) is 0 Å². The molecule has 1 aromatic carbocycles. The summed E-state index contributed by atoms with van der Waals surface area (Å²) in [7, 11) is 0. The molecule has 0 bridgehead atoms. The Labute approximate surface area is 106 Å². The summed E-state index contributed by atoms with van der Waals surface area (Å²) >= 11 is 1.38. The van der Waals surface area contributed by atoms with Crippen LogP contribution < -0.4 is 0 Å². The maximum Gasteiger partial charge on any atom is 0.316 e. The molecule has 0 atom stereocenters. The van der Waals surface area contributed by atoms with Crippen LogP contribution >= 0.6 is 11.8 Å². The first kappa shape index (κ1) is 13.8. The lowest BCUT2D eigenvalue weighted by molar-refractivity contribution is -0.144. The Hall–Kier alpha value is -1.29. The average Bonchev–Trinajstić information content (AvgIpc) is 2.26. The van der Waals surface area contributed by atoms with Crippen LogP contribution in [0.5, 0.6) is 0 Å². The Bertz CT molecular complexity index is 413. The molecule has 92 valence electrons. The number of benzene rings is 1. The molecule has 3 nitrogen and oxygen atoms in total. The average molecular weight is 252 g/mol. The van der Waals surface area contributed by atoms with E-state index in [1.807, 2.05) is 26.0 Å². The fourth-order valence-corrected chi connectivity index (χ4v) is 1.98. The Balaban J connectivity index is 2.54. The van der Waals surface area contributed by atoms with Gasteiger partial charge in [-0.3, -0.25) is 9.59 Å². The van der Waals surface area contributed by atoms with Crippen molar-refractivity contribution in [2.75, 3.05) is 5.75 Å². The summed E-state index contributed by atoms with van der Waals surface area (Å²) in [6.45, 7) is 5.16.